The molecule has 2 aromatic carbocycles. The third-order valence-corrected chi connectivity index (χ3v) is 3.91. The van der Waals surface area contributed by atoms with Gasteiger partial charge in [-0.25, -0.2) is 4.99 Å². The number of benzene rings is 2. The lowest BCUT2D eigenvalue weighted by Crippen LogP contribution is -2.38. The Bertz CT molecular complexity index is 820. The molecule has 4 nitrogen and oxygen atoms in total. The van der Waals surface area contributed by atoms with Crippen molar-refractivity contribution in [3.8, 4) is 6.07 Å². The van der Waals surface area contributed by atoms with Crippen LogP contribution in [0.25, 0.3) is 0 Å². The zero-order chi connectivity index (χ0) is 19.9. The van der Waals surface area contributed by atoms with Gasteiger partial charge in [0.25, 0.3) is 0 Å². The number of hydrogen-bond acceptors (Lipinski definition) is 2. The van der Waals surface area contributed by atoms with Crippen LogP contribution in [0.1, 0.15) is 42.1 Å². The van der Waals surface area contributed by atoms with E-state index in [9.17, 15) is 13.2 Å². The van der Waals surface area contributed by atoms with E-state index in [0.717, 1.165) is 17.7 Å². The van der Waals surface area contributed by atoms with Gasteiger partial charge in [0.2, 0.25) is 0 Å². The zero-order valence-electron chi connectivity index (χ0n) is 15.1. The minimum absolute atomic E-state index is 0.355. The lowest BCUT2D eigenvalue weighted by atomic mass is 10.1. The summed E-state index contributed by atoms with van der Waals surface area (Å²) in [5.41, 5.74) is 1.35. The van der Waals surface area contributed by atoms with Crippen molar-refractivity contribution >= 4 is 5.96 Å². The van der Waals surface area contributed by atoms with E-state index < -0.39 is 11.7 Å². The molecule has 0 saturated heterocycles. The van der Waals surface area contributed by atoms with Crippen molar-refractivity contribution in [3.63, 3.8) is 0 Å². The van der Waals surface area contributed by atoms with E-state index in [1.54, 1.807) is 25.1 Å². The smallest absolute Gasteiger partial charge is 0.357 e. The molecule has 0 aromatic heterocycles. The molecular weight excluding hydrogens is 353 g/mol. The van der Waals surface area contributed by atoms with Gasteiger partial charge in [0.05, 0.1) is 29.8 Å². The SMILES string of the molecule is CCNC(=NCc1ccc(C#N)cc1)NC(C)c1cccc(C(F)(F)F)c1. The standard InChI is InChI=1S/C20H21F3N4/c1-3-25-19(26-13-16-9-7-15(12-24)8-10-16)27-14(2)17-5-4-6-18(11-17)20(21,22)23/h4-11,14H,3,13H2,1-2H3,(H2,25,26,27). The van der Waals surface area contributed by atoms with E-state index in [-0.39, 0.29) is 6.04 Å². The topological polar surface area (TPSA) is 60.2 Å². The Morgan fingerprint density at radius 3 is 2.48 bits per heavy atom. The molecule has 0 spiro atoms. The Hall–Kier alpha value is -3.01. The molecule has 0 radical (unpaired) electrons. The Balaban J connectivity index is 2.11. The second-order valence-corrected chi connectivity index (χ2v) is 5.99. The Morgan fingerprint density at radius 1 is 1.19 bits per heavy atom. The lowest BCUT2D eigenvalue weighted by Gasteiger charge is -2.19. The average Bonchev–Trinajstić information content (AvgIpc) is 2.66. The number of nitriles is 1. The van der Waals surface area contributed by atoms with Crippen LogP contribution in [0.15, 0.2) is 53.5 Å². The fraction of sp³-hybridized carbons (Fsp3) is 0.300. The minimum atomic E-state index is -4.37. The molecule has 2 aromatic rings. The van der Waals surface area contributed by atoms with Crippen LogP contribution in [0.2, 0.25) is 0 Å². The van der Waals surface area contributed by atoms with Crippen molar-refractivity contribution in [3.05, 3.63) is 70.8 Å². The van der Waals surface area contributed by atoms with E-state index in [2.05, 4.69) is 21.7 Å². The summed E-state index contributed by atoms with van der Waals surface area (Å²) < 4.78 is 38.7. The molecule has 1 unspecified atom stereocenters. The van der Waals surface area contributed by atoms with Crippen LogP contribution in [0.4, 0.5) is 13.2 Å². The second kappa shape index (κ2) is 9.08. The highest BCUT2D eigenvalue weighted by atomic mass is 19.4. The van der Waals surface area contributed by atoms with Crippen LogP contribution < -0.4 is 10.6 Å². The molecular formula is C20H21F3N4. The first-order chi connectivity index (χ1) is 12.8. The first-order valence-corrected chi connectivity index (χ1v) is 8.54. The number of halogens is 3. The fourth-order valence-corrected chi connectivity index (χ4v) is 2.45. The van der Waals surface area contributed by atoms with Crippen LogP contribution in [-0.2, 0) is 12.7 Å². The monoisotopic (exact) mass is 374 g/mol. The van der Waals surface area contributed by atoms with Gasteiger partial charge in [0.1, 0.15) is 0 Å². The van der Waals surface area contributed by atoms with Gasteiger partial charge < -0.3 is 10.6 Å². The van der Waals surface area contributed by atoms with Crippen molar-refractivity contribution in [2.75, 3.05) is 6.54 Å². The second-order valence-electron chi connectivity index (χ2n) is 5.99. The van der Waals surface area contributed by atoms with Crippen LogP contribution in [0.5, 0.6) is 0 Å². The average molecular weight is 374 g/mol. The molecule has 0 bridgehead atoms. The number of alkyl halides is 3. The summed E-state index contributed by atoms with van der Waals surface area (Å²) in [7, 11) is 0. The molecule has 0 aliphatic heterocycles. The van der Waals surface area contributed by atoms with E-state index >= 15 is 0 Å². The van der Waals surface area contributed by atoms with Gasteiger partial charge >= 0.3 is 6.18 Å². The van der Waals surface area contributed by atoms with Gasteiger partial charge in [0, 0.05) is 6.54 Å². The van der Waals surface area contributed by atoms with Crippen molar-refractivity contribution in [1.82, 2.24) is 10.6 Å². The number of guanidine groups is 1. The zero-order valence-corrected chi connectivity index (χ0v) is 15.1. The van der Waals surface area contributed by atoms with E-state index in [4.69, 9.17) is 5.26 Å². The highest BCUT2D eigenvalue weighted by Gasteiger charge is 2.30. The summed E-state index contributed by atoms with van der Waals surface area (Å²) in [6.45, 7) is 4.70. The molecule has 0 heterocycles. The quantitative estimate of drug-likeness (QED) is 0.603. The normalized spacial score (nSPS) is 13.0. The Labute approximate surface area is 156 Å². The number of hydrogen-bond donors (Lipinski definition) is 2. The Kier molecular flexibility index (Phi) is 6.83. The van der Waals surface area contributed by atoms with E-state index in [0.29, 0.717) is 30.2 Å². The fourth-order valence-electron chi connectivity index (χ4n) is 2.45. The molecule has 2 rings (SSSR count). The summed E-state index contributed by atoms with van der Waals surface area (Å²) in [6.07, 6.45) is -4.37. The minimum Gasteiger partial charge on any atom is -0.357 e. The summed E-state index contributed by atoms with van der Waals surface area (Å²) in [6, 6.07) is 14.0. The van der Waals surface area contributed by atoms with Gasteiger partial charge in [-0.2, -0.15) is 18.4 Å². The van der Waals surface area contributed by atoms with Crippen molar-refractivity contribution in [1.29, 1.82) is 5.26 Å². The van der Waals surface area contributed by atoms with Crippen molar-refractivity contribution in [2.45, 2.75) is 32.6 Å². The van der Waals surface area contributed by atoms with Gasteiger partial charge in [-0.3, -0.25) is 0 Å². The molecule has 0 fully saturated rings. The lowest BCUT2D eigenvalue weighted by molar-refractivity contribution is -0.137. The van der Waals surface area contributed by atoms with Gasteiger partial charge in [-0.05, 0) is 49.2 Å². The molecule has 142 valence electrons. The number of nitrogens with one attached hydrogen (secondary N) is 2. The molecule has 0 amide bonds. The van der Waals surface area contributed by atoms with Crippen molar-refractivity contribution in [2.24, 2.45) is 4.99 Å². The highest BCUT2D eigenvalue weighted by Crippen LogP contribution is 2.30. The number of rotatable bonds is 5. The highest BCUT2D eigenvalue weighted by molar-refractivity contribution is 5.80. The molecule has 2 N–H and O–H groups in total. The van der Waals surface area contributed by atoms with E-state index in [1.807, 2.05) is 19.1 Å². The largest absolute Gasteiger partial charge is 0.416 e. The number of aliphatic imine (C=N–C) groups is 1. The van der Waals surface area contributed by atoms with Crippen LogP contribution >= 0.6 is 0 Å². The molecule has 7 heteroatoms. The van der Waals surface area contributed by atoms with Gasteiger partial charge in [-0.1, -0.05) is 24.3 Å². The maximum atomic E-state index is 12.9. The summed E-state index contributed by atoms with van der Waals surface area (Å²) in [5.74, 6) is 0.506. The van der Waals surface area contributed by atoms with E-state index in [1.165, 1.54) is 6.07 Å². The first kappa shape index (κ1) is 20.3. The maximum Gasteiger partial charge on any atom is 0.416 e. The summed E-state index contributed by atoms with van der Waals surface area (Å²) in [5, 5.41) is 15.0. The maximum absolute atomic E-state index is 12.9. The van der Waals surface area contributed by atoms with Gasteiger partial charge in [0.15, 0.2) is 5.96 Å². The van der Waals surface area contributed by atoms with Crippen molar-refractivity contribution < 1.29 is 13.2 Å². The number of nitrogens with zero attached hydrogens (tertiary/aromatic N) is 2. The molecule has 0 aliphatic rings. The predicted octanol–water partition coefficient (Wildman–Crippen LogP) is 4.39. The molecule has 0 saturated carbocycles. The first-order valence-electron chi connectivity index (χ1n) is 8.54. The summed E-state index contributed by atoms with van der Waals surface area (Å²) in [4.78, 5) is 4.47. The van der Waals surface area contributed by atoms with Crippen LogP contribution in [0.3, 0.4) is 0 Å². The molecule has 0 aliphatic carbocycles. The summed E-state index contributed by atoms with van der Waals surface area (Å²) >= 11 is 0. The third kappa shape index (κ3) is 6.03. The third-order valence-electron chi connectivity index (χ3n) is 3.91. The van der Waals surface area contributed by atoms with Crippen LogP contribution in [0, 0.1) is 11.3 Å². The molecule has 27 heavy (non-hydrogen) atoms. The van der Waals surface area contributed by atoms with Crippen LogP contribution in [-0.4, -0.2) is 12.5 Å². The van der Waals surface area contributed by atoms with Gasteiger partial charge in [-0.15, -0.1) is 0 Å². The Morgan fingerprint density at radius 2 is 1.89 bits per heavy atom. The molecule has 1 atom stereocenters. The predicted molar refractivity (Wildman–Crippen MR) is 99.0 cm³/mol.